The smallest absolute Gasteiger partial charge is 0.236 e. The number of para-hydroxylation sites is 1. The fraction of sp³-hybridized carbons (Fsp3) is 0.273. The number of hydrogen-bond acceptors (Lipinski definition) is 7. The van der Waals surface area contributed by atoms with Crippen molar-refractivity contribution in [3.8, 4) is 5.69 Å². The number of carbonyl (C=O) groups excluding carboxylic acids is 1. The lowest BCUT2D eigenvalue weighted by Gasteiger charge is -2.33. The van der Waals surface area contributed by atoms with E-state index < -0.39 is 10.0 Å². The Bertz CT molecular complexity index is 1240. The minimum Gasteiger partial charge on any atom is -0.339 e. The Kier molecular flexibility index (Phi) is 7.21. The Morgan fingerprint density at radius 1 is 1.03 bits per heavy atom. The Balaban J connectivity index is 1.31. The number of hydrogen-bond donors (Lipinski definition) is 0. The van der Waals surface area contributed by atoms with Gasteiger partial charge in [-0.25, -0.2) is 8.42 Å². The maximum atomic E-state index is 12.7. The SMILES string of the molecule is Cc1ccccc1-n1nnnc1SCC(=O)N1CCN(S(=O)(=O)/C=C/c2ccccc2)CC1. The minimum atomic E-state index is -3.54. The first-order chi connectivity index (χ1) is 15.9. The van der Waals surface area contributed by atoms with Crippen LogP contribution in [0.1, 0.15) is 11.1 Å². The maximum absolute atomic E-state index is 12.7. The Labute approximate surface area is 197 Å². The second-order valence-corrected chi connectivity index (χ2v) is 10.2. The van der Waals surface area contributed by atoms with E-state index in [0.717, 1.165) is 16.8 Å². The molecule has 0 bridgehead atoms. The molecule has 0 aliphatic carbocycles. The molecule has 0 saturated carbocycles. The van der Waals surface area contributed by atoms with Gasteiger partial charge in [0.2, 0.25) is 21.1 Å². The molecule has 0 N–H and O–H groups in total. The summed E-state index contributed by atoms with van der Waals surface area (Å²) >= 11 is 1.26. The highest BCUT2D eigenvalue weighted by molar-refractivity contribution is 7.99. The molecule has 1 aliphatic heterocycles. The molecular weight excluding hydrogens is 460 g/mol. The number of carbonyl (C=O) groups is 1. The van der Waals surface area contributed by atoms with Crippen LogP contribution in [-0.4, -0.2) is 75.7 Å². The Morgan fingerprint density at radius 2 is 1.73 bits per heavy atom. The zero-order valence-electron chi connectivity index (χ0n) is 18.1. The second kappa shape index (κ2) is 10.3. The summed E-state index contributed by atoms with van der Waals surface area (Å²) < 4.78 is 28.3. The van der Waals surface area contributed by atoms with E-state index in [9.17, 15) is 13.2 Å². The van der Waals surface area contributed by atoms with Crippen LogP contribution in [0, 0.1) is 6.92 Å². The second-order valence-electron chi connectivity index (χ2n) is 7.49. The van der Waals surface area contributed by atoms with E-state index in [0.29, 0.717) is 18.2 Å². The maximum Gasteiger partial charge on any atom is 0.236 e. The molecule has 0 atom stereocenters. The number of rotatable bonds is 7. The molecule has 2 heterocycles. The van der Waals surface area contributed by atoms with Crippen LogP contribution in [0.5, 0.6) is 0 Å². The quantitative estimate of drug-likeness (QED) is 0.474. The molecule has 3 aromatic rings. The fourth-order valence-electron chi connectivity index (χ4n) is 3.45. The van der Waals surface area contributed by atoms with Crippen molar-refractivity contribution >= 4 is 33.8 Å². The van der Waals surface area contributed by atoms with Gasteiger partial charge >= 0.3 is 0 Å². The number of amides is 1. The summed E-state index contributed by atoms with van der Waals surface area (Å²) in [5.74, 6) is 0.101. The average molecular weight is 485 g/mol. The number of piperazine rings is 1. The van der Waals surface area contributed by atoms with E-state index in [1.54, 1.807) is 15.7 Å². The minimum absolute atomic E-state index is 0.0730. The lowest BCUT2D eigenvalue weighted by molar-refractivity contribution is -0.129. The normalized spacial score (nSPS) is 15.2. The predicted molar refractivity (Wildman–Crippen MR) is 127 cm³/mol. The highest BCUT2D eigenvalue weighted by Gasteiger charge is 2.27. The van der Waals surface area contributed by atoms with Gasteiger partial charge in [0, 0.05) is 31.6 Å². The Morgan fingerprint density at radius 3 is 2.45 bits per heavy atom. The van der Waals surface area contributed by atoms with Gasteiger partial charge in [0.1, 0.15) is 0 Å². The molecular formula is C22H24N6O3S2. The first-order valence-corrected chi connectivity index (χ1v) is 12.9. The summed E-state index contributed by atoms with van der Waals surface area (Å²) in [7, 11) is -3.54. The lowest BCUT2D eigenvalue weighted by Crippen LogP contribution is -2.50. The molecule has 0 radical (unpaired) electrons. The zero-order chi connectivity index (χ0) is 23.3. The summed E-state index contributed by atoms with van der Waals surface area (Å²) in [6.07, 6.45) is 1.59. The van der Waals surface area contributed by atoms with Gasteiger partial charge in [0.05, 0.1) is 11.4 Å². The molecule has 2 aromatic carbocycles. The molecule has 1 saturated heterocycles. The van der Waals surface area contributed by atoms with Gasteiger partial charge in [0.25, 0.3) is 0 Å². The number of aryl methyl sites for hydroxylation is 1. The molecule has 172 valence electrons. The van der Waals surface area contributed by atoms with Gasteiger partial charge in [-0.2, -0.15) is 8.99 Å². The van der Waals surface area contributed by atoms with Crippen LogP contribution in [0.4, 0.5) is 0 Å². The van der Waals surface area contributed by atoms with Crippen molar-refractivity contribution in [1.82, 2.24) is 29.4 Å². The van der Waals surface area contributed by atoms with Crippen LogP contribution in [0.2, 0.25) is 0 Å². The number of benzene rings is 2. The number of thioether (sulfide) groups is 1. The number of tetrazole rings is 1. The van der Waals surface area contributed by atoms with E-state index in [4.69, 9.17) is 0 Å². The molecule has 33 heavy (non-hydrogen) atoms. The van der Waals surface area contributed by atoms with Crippen LogP contribution < -0.4 is 0 Å². The van der Waals surface area contributed by atoms with Gasteiger partial charge in [-0.05, 0) is 40.6 Å². The highest BCUT2D eigenvalue weighted by atomic mass is 32.2. The third-order valence-corrected chi connectivity index (χ3v) is 7.76. The molecule has 1 amide bonds. The monoisotopic (exact) mass is 484 g/mol. The third kappa shape index (κ3) is 5.67. The van der Waals surface area contributed by atoms with Gasteiger partial charge in [-0.1, -0.05) is 60.3 Å². The Hall–Kier alpha value is -3.02. The van der Waals surface area contributed by atoms with Gasteiger partial charge in [-0.15, -0.1) is 5.10 Å². The fourth-order valence-corrected chi connectivity index (χ4v) is 5.41. The number of nitrogens with zero attached hydrogens (tertiary/aromatic N) is 6. The lowest BCUT2D eigenvalue weighted by atomic mass is 10.2. The van der Waals surface area contributed by atoms with Crippen molar-refractivity contribution in [2.24, 2.45) is 0 Å². The van der Waals surface area contributed by atoms with E-state index in [1.165, 1.54) is 21.5 Å². The molecule has 1 aromatic heterocycles. The van der Waals surface area contributed by atoms with E-state index in [2.05, 4.69) is 15.5 Å². The van der Waals surface area contributed by atoms with Crippen LogP contribution >= 0.6 is 11.8 Å². The molecule has 11 heteroatoms. The average Bonchev–Trinajstić information content (AvgIpc) is 3.31. The zero-order valence-corrected chi connectivity index (χ0v) is 19.7. The molecule has 4 rings (SSSR count). The van der Waals surface area contributed by atoms with Gasteiger partial charge < -0.3 is 4.90 Å². The van der Waals surface area contributed by atoms with Crippen LogP contribution in [-0.2, 0) is 14.8 Å². The summed E-state index contributed by atoms with van der Waals surface area (Å²) in [6, 6.07) is 17.0. The first-order valence-electron chi connectivity index (χ1n) is 10.4. The van der Waals surface area contributed by atoms with Crippen LogP contribution in [0.25, 0.3) is 11.8 Å². The number of aromatic nitrogens is 4. The van der Waals surface area contributed by atoms with Crippen molar-refractivity contribution in [3.05, 3.63) is 71.1 Å². The molecule has 9 nitrogen and oxygen atoms in total. The van der Waals surface area contributed by atoms with E-state index in [1.807, 2.05) is 61.5 Å². The molecule has 0 spiro atoms. The summed E-state index contributed by atoms with van der Waals surface area (Å²) in [6.45, 7) is 3.19. The van der Waals surface area contributed by atoms with E-state index >= 15 is 0 Å². The third-order valence-electron chi connectivity index (χ3n) is 5.29. The summed E-state index contributed by atoms with van der Waals surface area (Å²) in [4.78, 5) is 14.4. The largest absolute Gasteiger partial charge is 0.339 e. The molecule has 1 fully saturated rings. The predicted octanol–water partition coefficient (Wildman–Crippen LogP) is 2.21. The van der Waals surface area contributed by atoms with Gasteiger partial charge in [-0.3, -0.25) is 4.79 Å². The first kappa shape index (κ1) is 23.1. The van der Waals surface area contributed by atoms with Crippen molar-refractivity contribution in [2.45, 2.75) is 12.1 Å². The van der Waals surface area contributed by atoms with E-state index in [-0.39, 0.29) is 24.7 Å². The van der Waals surface area contributed by atoms with Crippen LogP contribution in [0.3, 0.4) is 0 Å². The summed E-state index contributed by atoms with van der Waals surface area (Å²) in [5, 5.41) is 13.6. The van der Waals surface area contributed by atoms with Crippen molar-refractivity contribution < 1.29 is 13.2 Å². The van der Waals surface area contributed by atoms with Crippen molar-refractivity contribution in [1.29, 1.82) is 0 Å². The summed E-state index contributed by atoms with van der Waals surface area (Å²) in [5.41, 5.74) is 2.70. The highest BCUT2D eigenvalue weighted by Crippen LogP contribution is 2.21. The van der Waals surface area contributed by atoms with Gasteiger partial charge in [0.15, 0.2) is 0 Å². The van der Waals surface area contributed by atoms with Crippen molar-refractivity contribution in [3.63, 3.8) is 0 Å². The molecule has 0 unspecified atom stereocenters. The standard InChI is InChI=1S/C22H24N6O3S2/c1-18-7-5-6-10-20(18)28-22(23-24-25-28)32-17-21(29)26-12-14-27(15-13-26)33(30,31)16-11-19-8-3-2-4-9-19/h2-11,16H,12-15,17H2,1H3/b16-11+. The number of sulfonamides is 1. The van der Waals surface area contributed by atoms with Crippen LogP contribution in [0.15, 0.2) is 65.2 Å². The van der Waals surface area contributed by atoms with Crippen molar-refractivity contribution in [2.75, 3.05) is 31.9 Å². The molecule has 1 aliphatic rings. The topological polar surface area (TPSA) is 101 Å².